The van der Waals surface area contributed by atoms with Crippen molar-refractivity contribution in [1.82, 2.24) is 5.32 Å². The zero-order valence-electron chi connectivity index (χ0n) is 12.5. The number of rotatable bonds is 6. The van der Waals surface area contributed by atoms with E-state index in [0.717, 1.165) is 12.3 Å². The standard InChI is InChI=1S/C17H25NO/c1-6-11-19-16-9-7-15(8-10-16)12-14(2)13-18-17(3,4)5/h6-10,12,18H,1,11,13H2,2-5H3. The van der Waals surface area contributed by atoms with Gasteiger partial charge in [0.15, 0.2) is 0 Å². The van der Waals surface area contributed by atoms with Crippen molar-refractivity contribution in [3.05, 3.63) is 48.1 Å². The molecule has 1 aromatic rings. The van der Waals surface area contributed by atoms with Crippen molar-refractivity contribution < 1.29 is 4.74 Å². The molecule has 0 saturated carbocycles. The first-order valence-corrected chi connectivity index (χ1v) is 6.67. The Kier molecular flexibility index (Phi) is 5.84. The first-order valence-electron chi connectivity index (χ1n) is 6.67. The second-order valence-electron chi connectivity index (χ2n) is 5.76. The highest BCUT2D eigenvalue weighted by Crippen LogP contribution is 2.14. The second kappa shape index (κ2) is 7.15. The Labute approximate surface area is 117 Å². The van der Waals surface area contributed by atoms with Crippen LogP contribution in [0.15, 0.2) is 42.5 Å². The lowest BCUT2D eigenvalue weighted by Crippen LogP contribution is -2.36. The minimum Gasteiger partial charge on any atom is -0.490 e. The molecule has 0 saturated heterocycles. The lowest BCUT2D eigenvalue weighted by atomic mass is 10.1. The normalized spacial score (nSPS) is 12.3. The molecular formula is C17H25NO. The van der Waals surface area contributed by atoms with Crippen LogP contribution in [0.4, 0.5) is 0 Å². The van der Waals surface area contributed by atoms with Gasteiger partial charge in [-0.2, -0.15) is 0 Å². The van der Waals surface area contributed by atoms with Crippen molar-refractivity contribution >= 4 is 6.08 Å². The van der Waals surface area contributed by atoms with Gasteiger partial charge in [-0.25, -0.2) is 0 Å². The van der Waals surface area contributed by atoms with Crippen molar-refractivity contribution in [2.24, 2.45) is 0 Å². The van der Waals surface area contributed by atoms with Gasteiger partial charge in [-0.3, -0.25) is 0 Å². The highest BCUT2D eigenvalue weighted by molar-refractivity contribution is 5.53. The van der Waals surface area contributed by atoms with E-state index in [4.69, 9.17) is 4.74 Å². The van der Waals surface area contributed by atoms with Crippen LogP contribution in [0.5, 0.6) is 5.75 Å². The van der Waals surface area contributed by atoms with Gasteiger partial charge in [0, 0.05) is 12.1 Å². The maximum absolute atomic E-state index is 5.46. The maximum Gasteiger partial charge on any atom is 0.119 e. The Morgan fingerprint density at radius 2 is 1.89 bits per heavy atom. The molecule has 2 heteroatoms. The Morgan fingerprint density at radius 3 is 2.42 bits per heavy atom. The average Bonchev–Trinajstić information content (AvgIpc) is 2.35. The number of hydrogen-bond acceptors (Lipinski definition) is 2. The molecule has 0 aliphatic carbocycles. The third kappa shape index (κ3) is 6.82. The Bertz CT molecular complexity index is 424. The minimum absolute atomic E-state index is 0.150. The molecule has 0 aliphatic heterocycles. The average molecular weight is 259 g/mol. The van der Waals surface area contributed by atoms with Gasteiger partial charge >= 0.3 is 0 Å². The fourth-order valence-electron chi connectivity index (χ4n) is 1.56. The van der Waals surface area contributed by atoms with Crippen LogP contribution in [-0.4, -0.2) is 18.7 Å². The fourth-order valence-corrected chi connectivity index (χ4v) is 1.56. The summed E-state index contributed by atoms with van der Waals surface area (Å²) in [5.74, 6) is 0.877. The van der Waals surface area contributed by atoms with Gasteiger partial charge in [-0.1, -0.05) is 36.4 Å². The fraction of sp³-hybridized carbons (Fsp3) is 0.412. The number of nitrogens with one attached hydrogen (secondary N) is 1. The van der Waals surface area contributed by atoms with Crippen LogP contribution in [0.1, 0.15) is 33.3 Å². The molecule has 1 N–H and O–H groups in total. The lowest BCUT2D eigenvalue weighted by molar-refractivity contribution is 0.363. The zero-order valence-corrected chi connectivity index (χ0v) is 12.5. The van der Waals surface area contributed by atoms with Crippen molar-refractivity contribution in [2.45, 2.75) is 33.2 Å². The predicted octanol–water partition coefficient (Wildman–Crippen LogP) is 4.04. The van der Waals surface area contributed by atoms with E-state index in [0.29, 0.717) is 6.61 Å². The highest BCUT2D eigenvalue weighted by Gasteiger charge is 2.07. The Hall–Kier alpha value is -1.54. The lowest BCUT2D eigenvalue weighted by Gasteiger charge is -2.20. The molecule has 0 amide bonds. The third-order valence-corrected chi connectivity index (χ3v) is 2.56. The van der Waals surface area contributed by atoms with E-state index in [1.54, 1.807) is 6.08 Å². The smallest absolute Gasteiger partial charge is 0.119 e. The molecule has 0 bridgehead atoms. The molecule has 1 rings (SSSR count). The topological polar surface area (TPSA) is 21.3 Å². The Morgan fingerprint density at radius 1 is 1.26 bits per heavy atom. The summed E-state index contributed by atoms with van der Waals surface area (Å²) in [6, 6.07) is 8.11. The molecule has 0 spiro atoms. The summed E-state index contributed by atoms with van der Waals surface area (Å²) in [4.78, 5) is 0. The van der Waals surface area contributed by atoms with E-state index in [1.807, 2.05) is 12.1 Å². The van der Waals surface area contributed by atoms with E-state index in [2.05, 4.69) is 57.8 Å². The molecule has 0 aromatic heterocycles. The maximum atomic E-state index is 5.46. The number of ether oxygens (including phenoxy) is 1. The molecule has 0 unspecified atom stereocenters. The molecular weight excluding hydrogens is 234 g/mol. The van der Waals surface area contributed by atoms with E-state index in [-0.39, 0.29) is 5.54 Å². The Balaban J connectivity index is 2.58. The summed E-state index contributed by atoms with van der Waals surface area (Å²) in [5, 5.41) is 3.48. The van der Waals surface area contributed by atoms with Gasteiger partial charge in [0.25, 0.3) is 0 Å². The second-order valence-corrected chi connectivity index (χ2v) is 5.76. The van der Waals surface area contributed by atoms with Crippen LogP contribution in [0, 0.1) is 0 Å². The van der Waals surface area contributed by atoms with Crippen LogP contribution in [-0.2, 0) is 0 Å². The van der Waals surface area contributed by atoms with Gasteiger partial charge < -0.3 is 10.1 Å². The van der Waals surface area contributed by atoms with E-state index in [9.17, 15) is 0 Å². The summed E-state index contributed by atoms with van der Waals surface area (Å²) in [5.41, 5.74) is 2.66. The van der Waals surface area contributed by atoms with Crippen molar-refractivity contribution in [2.75, 3.05) is 13.2 Å². The van der Waals surface area contributed by atoms with Crippen LogP contribution in [0.25, 0.3) is 6.08 Å². The molecule has 0 fully saturated rings. The summed E-state index contributed by atoms with van der Waals surface area (Å²) in [7, 11) is 0. The van der Waals surface area contributed by atoms with Crippen molar-refractivity contribution in [1.29, 1.82) is 0 Å². The molecule has 1 aromatic carbocycles. The zero-order chi connectivity index (χ0) is 14.3. The quantitative estimate of drug-likeness (QED) is 0.778. The first kappa shape index (κ1) is 15.5. The molecule has 104 valence electrons. The van der Waals surface area contributed by atoms with Crippen LogP contribution < -0.4 is 10.1 Å². The molecule has 0 atom stereocenters. The molecule has 2 nitrogen and oxygen atoms in total. The molecule has 19 heavy (non-hydrogen) atoms. The van der Waals surface area contributed by atoms with Gasteiger partial charge in [0.05, 0.1) is 0 Å². The summed E-state index contributed by atoms with van der Waals surface area (Å²) in [6.45, 7) is 13.7. The number of hydrogen-bond donors (Lipinski definition) is 1. The highest BCUT2D eigenvalue weighted by atomic mass is 16.5. The molecule has 0 aliphatic rings. The first-order chi connectivity index (χ1) is 8.90. The summed E-state index contributed by atoms with van der Waals surface area (Å²) in [6.07, 6.45) is 3.94. The van der Waals surface area contributed by atoms with Gasteiger partial charge in [-0.05, 0) is 45.4 Å². The predicted molar refractivity (Wildman–Crippen MR) is 83.5 cm³/mol. The summed E-state index contributed by atoms with van der Waals surface area (Å²) >= 11 is 0. The van der Waals surface area contributed by atoms with Crippen molar-refractivity contribution in [3.8, 4) is 5.75 Å². The van der Waals surface area contributed by atoms with E-state index >= 15 is 0 Å². The number of benzene rings is 1. The molecule has 0 radical (unpaired) electrons. The SMILES string of the molecule is C=CCOc1ccc(C=C(C)CNC(C)(C)C)cc1. The summed E-state index contributed by atoms with van der Waals surface area (Å²) < 4.78 is 5.46. The van der Waals surface area contributed by atoms with Crippen LogP contribution in [0.3, 0.4) is 0 Å². The van der Waals surface area contributed by atoms with E-state index < -0.39 is 0 Å². The van der Waals surface area contributed by atoms with Gasteiger partial charge in [-0.15, -0.1) is 0 Å². The minimum atomic E-state index is 0.150. The van der Waals surface area contributed by atoms with E-state index in [1.165, 1.54) is 11.1 Å². The van der Waals surface area contributed by atoms with Gasteiger partial charge in [0.1, 0.15) is 12.4 Å². The molecule has 0 heterocycles. The van der Waals surface area contributed by atoms with Gasteiger partial charge in [0.2, 0.25) is 0 Å². The largest absolute Gasteiger partial charge is 0.490 e. The van der Waals surface area contributed by atoms with Crippen LogP contribution >= 0.6 is 0 Å². The monoisotopic (exact) mass is 259 g/mol. The van der Waals surface area contributed by atoms with Crippen molar-refractivity contribution in [3.63, 3.8) is 0 Å². The third-order valence-electron chi connectivity index (χ3n) is 2.56. The van der Waals surface area contributed by atoms with Crippen LogP contribution in [0.2, 0.25) is 0 Å².